The zero-order valence-corrected chi connectivity index (χ0v) is 17.2. The normalized spacial score (nSPS) is 19.9. The maximum atomic E-state index is 12.5. The molecule has 1 saturated heterocycles. The van der Waals surface area contributed by atoms with Crippen molar-refractivity contribution in [2.75, 3.05) is 33.3 Å². The summed E-state index contributed by atoms with van der Waals surface area (Å²) in [4.78, 5) is 21.7. The fourth-order valence-electron chi connectivity index (χ4n) is 3.85. The van der Waals surface area contributed by atoms with E-state index in [1.54, 1.807) is 18.4 Å². The number of hydrogen-bond acceptors (Lipinski definition) is 5. The van der Waals surface area contributed by atoms with Gasteiger partial charge in [0.15, 0.2) is 0 Å². The largest absolute Gasteiger partial charge is 0.497 e. The van der Waals surface area contributed by atoms with Crippen molar-refractivity contribution in [3.05, 3.63) is 47.5 Å². The molecule has 1 aromatic carbocycles. The number of nitrogens with zero attached hydrogens (tertiary/aromatic N) is 3. The molecular weight excluding hydrogens is 370 g/mol. The van der Waals surface area contributed by atoms with E-state index in [2.05, 4.69) is 22.4 Å². The lowest BCUT2D eigenvalue weighted by molar-refractivity contribution is -0.133. The van der Waals surface area contributed by atoms with Gasteiger partial charge in [0.2, 0.25) is 5.91 Å². The maximum Gasteiger partial charge on any atom is 0.223 e. The molecule has 1 aliphatic carbocycles. The van der Waals surface area contributed by atoms with E-state index in [1.165, 1.54) is 0 Å². The molecule has 1 fully saturated rings. The molecule has 2 heterocycles. The van der Waals surface area contributed by atoms with Crippen molar-refractivity contribution >= 4 is 17.2 Å². The van der Waals surface area contributed by atoms with E-state index in [1.807, 2.05) is 29.2 Å². The number of carbonyl (C=O) groups excluding carboxylic acids is 1. The quantitative estimate of drug-likeness (QED) is 0.695. The number of hydrogen-bond donors (Lipinski definition) is 0. The van der Waals surface area contributed by atoms with Gasteiger partial charge in [-0.15, -0.1) is 11.3 Å². The summed E-state index contributed by atoms with van der Waals surface area (Å²) in [5.74, 6) is 1.63. The second kappa shape index (κ2) is 8.88. The highest BCUT2D eigenvalue weighted by molar-refractivity contribution is 7.13. The number of thiazole rings is 1. The summed E-state index contributed by atoms with van der Waals surface area (Å²) in [6.45, 7) is 4.33. The molecule has 0 spiro atoms. The first-order valence-corrected chi connectivity index (χ1v) is 10.8. The smallest absolute Gasteiger partial charge is 0.223 e. The molecule has 4 rings (SSSR count). The van der Waals surface area contributed by atoms with Crippen LogP contribution in [-0.4, -0.2) is 54.0 Å². The monoisotopic (exact) mass is 397 g/mol. The van der Waals surface area contributed by atoms with Crippen LogP contribution in [0.5, 0.6) is 5.75 Å². The summed E-state index contributed by atoms with van der Waals surface area (Å²) in [5, 5.41) is 3.18. The van der Waals surface area contributed by atoms with Gasteiger partial charge >= 0.3 is 0 Å². The van der Waals surface area contributed by atoms with E-state index in [9.17, 15) is 4.79 Å². The molecule has 6 heteroatoms. The van der Waals surface area contributed by atoms with Crippen molar-refractivity contribution in [1.82, 2.24) is 14.8 Å². The maximum absolute atomic E-state index is 12.5. The van der Waals surface area contributed by atoms with Crippen molar-refractivity contribution in [2.45, 2.75) is 25.8 Å². The summed E-state index contributed by atoms with van der Waals surface area (Å²) >= 11 is 1.68. The van der Waals surface area contributed by atoms with Crippen LogP contribution in [0.2, 0.25) is 0 Å². The molecule has 1 amide bonds. The molecule has 0 N–H and O–H groups in total. The van der Waals surface area contributed by atoms with Crippen LogP contribution in [0.3, 0.4) is 0 Å². The molecule has 5 nitrogen and oxygen atoms in total. The highest BCUT2D eigenvalue weighted by Crippen LogP contribution is 2.26. The lowest BCUT2D eigenvalue weighted by atomic mass is 10.0. The molecule has 0 saturated carbocycles. The predicted molar refractivity (Wildman–Crippen MR) is 112 cm³/mol. The fraction of sp³-hybridized carbons (Fsp3) is 0.455. The molecule has 0 radical (unpaired) electrons. The number of piperazine rings is 1. The summed E-state index contributed by atoms with van der Waals surface area (Å²) in [6.07, 6.45) is 7.33. The Balaban J connectivity index is 1.27. The van der Waals surface area contributed by atoms with Crippen molar-refractivity contribution in [3.8, 4) is 16.3 Å². The highest BCUT2D eigenvalue weighted by atomic mass is 32.1. The molecule has 28 heavy (non-hydrogen) atoms. The Morgan fingerprint density at radius 1 is 1.21 bits per heavy atom. The van der Waals surface area contributed by atoms with Gasteiger partial charge in [-0.25, -0.2) is 4.98 Å². The zero-order valence-electron chi connectivity index (χ0n) is 16.3. The van der Waals surface area contributed by atoms with E-state index in [-0.39, 0.29) is 0 Å². The first kappa shape index (κ1) is 19.2. The number of rotatable bonds is 6. The first-order valence-electron chi connectivity index (χ1n) is 9.97. The summed E-state index contributed by atoms with van der Waals surface area (Å²) < 4.78 is 5.22. The second-order valence-corrected chi connectivity index (χ2v) is 8.36. The molecule has 1 aliphatic heterocycles. The lowest BCUT2D eigenvalue weighted by Crippen LogP contribution is -2.48. The van der Waals surface area contributed by atoms with Crippen LogP contribution in [0, 0.1) is 5.92 Å². The van der Waals surface area contributed by atoms with Gasteiger partial charge in [-0.2, -0.15) is 0 Å². The zero-order chi connectivity index (χ0) is 19.3. The Bertz CT molecular complexity index is 823. The van der Waals surface area contributed by atoms with Crippen LogP contribution < -0.4 is 4.74 Å². The van der Waals surface area contributed by atoms with Gasteiger partial charge in [0.1, 0.15) is 10.8 Å². The summed E-state index contributed by atoms with van der Waals surface area (Å²) in [7, 11) is 1.68. The number of methoxy groups -OCH3 is 1. The Morgan fingerprint density at radius 3 is 2.68 bits per heavy atom. The van der Waals surface area contributed by atoms with Crippen LogP contribution in [-0.2, 0) is 11.3 Å². The van der Waals surface area contributed by atoms with Gasteiger partial charge in [0.25, 0.3) is 0 Å². The predicted octanol–water partition coefficient (Wildman–Crippen LogP) is 3.82. The average Bonchev–Trinajstić information content (AvgIpc) is 3.41. The Labute approximate surface area is 170 Å². The summed E-state index contributed by atoms with van der Waals surface area (Å²) in [6, 6.07) is 8.03. The van der Waals surface area contributed by atoms with Gasteiger partial charge in [0, 0.05) is 50.1 Å². The third-order valence-corrected chi connectivity index (χ3v) is 6.49. The van der Waals surface area contributed by atoms with Gasteiger partial charge in [-0.3, -0.25) is 9.69 Å². The van der Waals surface area contributed by atoms with E-state index in [4.69, 9.17) is 9.72 Å². The molecular formula is C22H27N3O2S. The number of allylic oxidation sites excluding steroid dienone is 2. The molecule has 1 aromatic heterocycles. The number of carbonyl (C=O) groups is 1. The van der Waals surface area contributed by atoms with Crippen molar-refractivity contribution < 1.29 is 9.53 Å². The average molecular weight is 398 g/mol. The van der Waals surface area contributed by atoms with Crippen molar-refractivity contribution in [3.63, 3.8) is 0 Å². The molecule has 2 aliphatic rings. The van der Waals surface area contributed by atoms with Crippen LogP contribution in [0.1, 0.15) is 25.0 Å². The van der Waals surface area contributed by atoms with Crippen LogP contribution in [0.25, 0.3) is 10.6 Å². The highest BCUT2D eigenvalue weighted by Gasteiger charge is 2.24. The molecule has 2 aromatic rings. The van der Waals surface area contributed by atoms with E-state index in [0.717, 1.165) is 67.6 Å². The molecule has 0 unspecified atom stereocenters. The van der Waals surface area contributed by atoms with E-state index < -0.39 is 0 Å². The Kier molecular flexibility index (Phi) is 6.07. The minimum atomic E-state index is 0.312. The van der Waals surface area contributed by atoms with E-state index in [0.29, 0.717) is 18.2 Å². The Morgan fingerprint density at radius 2 is 2.00 bits per heavy atom. The molecule has 148 valence electrons. The SMILES string of the molecule is COc1ccc(-c2nc(CN3CCN(C(=O)C[C@H]4C=CCC4)CC3)cs2)cc1. The minimum absolute atomic E-state index is 0.312. The van der Waals surface area contributed by atoms with Gasteiger partial charge in [0.05, 0.1) is 12.8 Å². The third kappa shape index (κ3) is 4.62. The van der Waals surface area contributed by atoms with Crippen LogP contribution in [0.15, 0.2) is 41.8 Å². The number of amides is 1. The minimum Gasteiger partial charge on any atom is -0.497 e. The lowest BCUT2D eigenvalue weighted by Gasteiger charge is -2.34. The number of aromatic nitrogens is 1. The molecule has 1 atom stereocenters. The standard InChI is InChI=1S/C22H27N3O2S/c1-27-20-8-6-18(7-9-20)22-23-19(16-28-22)15-24-10-12-25(13-11-24)21(26)14-17-4-2-3-5-17/h2,4,6-9,16-17H,3,5,10-15H2,1H3/t17-/m0/s1. The van der Waals surface area contributed by atoms with Crippen LogP contribution in [0.4, 0.5) is 0 Å². The van der Waals surface area contributed by atoms with Gasteiger partial charge in [-0.1, -0.05) is 12.2 Å². The van der Waals surface area contributed by atoms with E-state index >= 15 is 0 Å². The Hall–Kier alpha value is -2.18. The van der Waals surface area contributed by atoms with Crippen molar-refractivity contribution in [1.29, 1.82) is 0 Å². The van der Waals surface area contributed by atoms with Crippen LogP contribution >= 0.6 is 11.3 Å². The molecule has 0 bridgehead atoms. The number of benzene rings is 1. The van der Waals surface area contributed by atoms with Gasteiger partial charge in [-0.05, 0) is 43.0 Å². The second-order valence-electron chi connectivity index (χ2n) is 7.50. The fourth-order valence-corrected chi connectivity index (χ4v) is 4.67. The topological polar surface area (TPSA) is 45.7 Å². The number of ether oxygens (including phenoxy) is 1. The summed E-state index contributed by atoms with van der Waals surface area (Å²) in [5.41, 5.74) is 2.22. The van der Waals surface area contributed by atoms with Crippen molar-refractivity contribution in [2.24, 2.45) is 5.92 Å². The van der Waals surface area contributed by atoms with Gasteiger partial charge < -0.3 is 9.64 Å². The third-order valence-electron chi connectivity index (χ3n) is 5.55. The first-order chi connectivity index (χ1) is 13.7.